The molecule has 0 aromatic carbocycles. The second kappa shape index (κ2) is 1.33. The summed E-state index contributed by atoms with van der Waals surface area (Å²) in [5.41, 5.74) is 5.31. The molecule has 0 saturated carbocycles. The molecule has 1 atom stereocenters. The van der Waals surface area contributed by atoms with E-state index in [4.69, 9.17) is 5.73 Å². The van der Waals surface area contributed by atoms with Crippen LogP contribution in [0.25, 0.3) is 0 Å². The lowest BCUT2D eigenvalue weighted by Gasteiger charge is -2.02. The molecule has 40 valence electrons. The van der Waals surface area contributed by atoms with Gasteiger partial charge in [-0.3, -0.25) is 0 Å². The van der Waals surface area contributed by atoms with Gasteiger partial charge in [-0.25, -0.2) is 0 Å². The molecule has 1 rings (SSSR count). The SMILES string of the molecule is CC1NC=C(N)N1. The van der Waals surface area contributed by atoms with Crippen molar-refractivity contribution in [3.63, 3.8) is 0 Å². The molecule has 0 radical (unpaired) electrons. The predicted octanol–water partition coefficient (Wildman–Crippen LogP) is -0.717. The molecule has 1 unspecified atom stereocenters. The number of nitrogens with one attached hydrogen (secondary N) is 2. The zero-order valence-electron chi connectivity index (χ0n) is 4.23. The molecular formula is C4H9N3. The molecular weight excluding hydrogens is 90.1 g/mol. The van der Waals surface area contributed by atoms with Crippen LogP contribution in [0.1, 0.15) is 6.92 Å². The fourth-order valence-electron chi connectivity index (χ4n) is 0.548. The van der Waals surface area contributed by atoms with Gasteiger partial charge in [0.25, 0.3) is 0 Å². The Balaban J connectivity index is 2.42. The lowest BCUT2D eigenvalue weighted by Crippen LogP contribution is -2.29. The summed E-state index contributed by atoms with van der Waals surface area (Å²) in [6.07, 6.45) is 2.06. The quantitative estimate of drug-likeness (QED) is 0.376. The zero-order valence-corrected chi connectivity index (χ0v) is 4.23. The lowest BCUT2D eigenvalue weighted by atomic mass is 10.6. The van der Waals surface area contributed by atoms with Crippen molar-refractivity contribution in [3.8, 4) is 0 Å². The first-order valence-corrected chi connectivity index (χ1v) is 2.27. The molecule has 0 amide bonds. The van der Waals surface area contributed by atoms with Crippen LogP contribution in [-0.2, 0) is 0 Å². The summed E-state index contributed by atoms with van der Waals surface area (Å²) in [5, 5.41) is 5.92. The second-order valence-corrected chi connectivity index (χ2v) is 1.63. The molecule has 0 aromatic rings. The van der Waals surface area contributed by atoms with Crippen molar-refractivity contribution in [2.45, 2.75) is 13.1 Å². The van der Waals surface area contributed by atoms with Crippen LogP contribution < -0.4 is 16.4 Å². The van der Waals surface area contributed by atoms with Gasteiger partial charge in [0.05, 0.1) is 6.17 Å². The molecule has 3 heteroatoms. The van der Waals surface area contributed by atoms with Gasteiger partial charge in [0.2, 0.25) is 0 Å². The smallest absolute Gasteiger partial charge is 0.114 e. The monoisotopic (exact) mass is 99.1 g/mol. The van der Waals surface area contributed by atoms with E-state index in [2.05, 4.69) is 10.6 Å². The minimum atomic E-state index is 0.306. The van der Waals surface area contributed by atoms with Crippen molar-refractivity contribution in [1.29, 1.82) is 0 Å². The van der Waals surface area contributed by atoms with Crippen LogP contribution >= 0.6 is 0 Å². The summed E-state index contributed by atoms with van der Waals surface area (Å²) < 4.78 is 0. The van der Waals surface area contributed by atoms with Gasteiger partial charge < -0.3 is 16.4 Å². The standard InChI is InChI=1S/C4H9N3/c1-3-6-2-4(5)7-3/h2-3,6-7H,5H2,1H3. The highest BCUT2D eigenvalue weighted by molar-refractivity contribution is 5.00. The number of rotatable bonds is 0. The largest absolute Gasteiger partial charge is 0.384 e. The van der Waals surface area contributed by atoms with Gasteiger partial charge in [0.15, 0.2) is 0 Å². The molecule has 1 heterocycles. The van der Waals surface area contributed by atoms with Crippen molar-refractivity contribution < 1.29 is 0 Å². The summed E-state index contributed by atoms with van der Waals surface area (Å²) in [7, 11) is 0. The summed E-state index contributed by atoms with van der Waals surface area (Å²) in [6.45, 7) is 2.00. The third kappa shape index (κ3) is 0.765. The Kier molecular flexibility index (Phi) is 0.817. The third-order valence-corrected chi connectivity index (χ3v) is 0.872. The van der Waals surface area contributed by atoms with E-state index < -0.39 is 0 Å². The lowest BCUT2D eigenvalue weighted by molar-refractivity contribution is 0.610. The number of nitrogens with two attached hydrogens (primary N) is 1. The predicted molar refractivity (Wildman–Crippen MR) is 28.0 cm³/mol. The highest BCUT2D eigenvalue weighted by Gasteiger charge is 2.03. The van der Waals surface area contributed by atoms with Crippen LogP contribution in [0.3, 0.4) is 0 Å². The minimum Gasteiger partial charge on any atom is -0.384 e. The van der Waals surface area contributed by atoms with Crippen molar-refractivity contribution in [1.82, 2.24) is 10.6 Å². The average Bonchev–Trinajstić information content (AvgIpc) is 1.87. The van der Waals surface area contributed by atoms with E-state index in [9.17, 15) is 0 Å². The maximum atomic E-state index is 5.31. The Morgan fingerprint density at radius 1 is 1.86 bits per heavy atom. The topological polar surface area (TPSA) is 50.1 Å². The molecule has 0 spiro atoms. The van der Waals surface area contributed by atoms with Gasteiger partial charge in [-0.2, -0.15) is 0 Å². The van der Waals surface area contributed by atoms with Crippen molar-refractivity contribution in [2.24, 2.45) is 5.73 Å². The first kappa shape index (κ1) is 4.30. The summed E-state index contributed by atoms with van der Waals surface area (Å²) in [4.78, 5) is 0. The fraction of sp³-hybridized carbons (Fsp3) is 0.500. The first-order valence-electron chi connectivity index (χ1n) is 2.27. The van der Waals surface area contributed by atoms with Crippen LogP contribution in [0.4, 0.5) is 0 Å². The highest BCUT2D eigenvalue weighted by Crippen LogP contribution is 1.87. The minimum absolute atomic E-state index is 0.306. The van der Waals surface area contributed by atoms with Crippen molar-refractivity contribution >= 4 is 0 Å². The first-order chi connectivity index (χ1) is 3.29. The van der Waals surface area contributed by atoms with Crippen LogP contribution in [0, 0.1) is 0 Å². The van der Waals surface area contributed by atoms with Crippen LogP contribution in [0.15, 0.2) is 12.0 Å². The molecule has 4 N–H and O–H groups in total. The molecule has 0 fully saturated rings. The van der Waals surface area contributed by atoms with E-state index in [1.165, 1.54) is 0 Å². The Labute approximate surface area is 42.6 Å². The Bertz CT molecular complexity index is 97.1. The van der Waals surface area contributed by atoms with Crippen LogP contribution in [-0.4, -0.2) is 6.17 Å². The zero-order chi connectivity index (χ0) is 5.28. The molecule has 7 heavy (non-hydrogen) atoms. The Morgan fingerprint density at radius 2 is 2.57 bits per heavy atom. The average molecular weight is 99.1 g/mol. The molecule has 0 saturated heterocycles. The summed E-state index contributed by atoms with van der Waals surface area (Å²) in [6, 6.07) is 0. The van der Waals surface area contributed by atoms with Crippen molar-refractivity contribution in [2.75, 3.05) is 0 Å². The van der Waals surface area contributed by atoms with Gasteiger partial charge in [-0.05, 0) is 6.92 Å². The molecule has 0 bridgehead atoms. The van der Waals surface area contributed by atoms with Crippen molar-refractivity contribution in [3.05, 3.63) is 12.0 Å². The van der Waals surface area contributed by atoms with Gasteiger partial charge in [-0.15, -0.1) is 0 Å². The summed E-state index contributed by atoms with van der Waals surface area (Å²) in [5.74, 6) is 0.715. The Hall–Kier alpha value is -0.860. The Morgan fingerprint density at radius 3 is 2.71 bits per heavy atom. The van der Waals surface area contributed by atoms with E-state index in [0.29, 0.717) is 12.0 Å². The van der Waals surface area contributed by atoms with E-state index >= 15 is 0 Å². The van der Waals surface area contributed by atoms with Gasteiger partial charge in [0.1, 0.15) is 5.82 Å². The van der Waals surface area contributed by atoms with E-state index in [0.717, 1.165) is 0 Å². The maximum absolute atomic E-state index is 5.31. The third-order valence-electron chi connectivity index (χ3n) is 0.872. The van der Waals surface area contributed by atoms with Crippen LogP contribution in [0.5, 0.6) is 0 Å². The van der Waals surface area contributed by atoms with Gasteiger partial charge in [-0.1, -0.05) is 0 Å². The normalized spacial score (nSPS) is 28.1. The van der Waals surface area contributed by atoms with Crippen LogP contribution in [0.2, 0.25) is 0 Å². The molecule has 0 aromatic heterocycles. The second-order valence-electron chi connectivity index (χ2n) is 1.63. The van der Waals surface area contributed by atoms with E-state index in [1.54, 1.807) is 6.20 Å². The van der Waals surface area contributed by atoms with Gasteiger partial charge in [0, 0.05) is 6.20 Å². The van der Waals surface area contributed by atoms with E-state index in [1.807, 2.05) is 6.92 Å². The number of hydrogen-bond acceptors (Lipinski definition) is 3. The highest BCUT2D eigenvalue weighted by atomic mass is 15.2. The fourth-order valence-corrected chi connectivity index (χ4v) is 0.548. The van der Waals surface area contributed by atoms with Gasteiger partial charge >= 0.3 is 0 Å². The molecule has 1 aliphatic rings. The van der Waals surface area contributed by atoms with E-state index in [-0.39, 0.29) is 0 Å². The summed E-state index contributed by atoms with van der Waals surface area (Å²) >= 11 is 0. The molecule has 3 nitrogen and oxygen atoms in total. The number of hydrogen-bond donors (Lipinski definition) is 3. The molecule has 0 aliphatic carbocycles. The molecule has 1 aliphatic heterocycles. The maximum Gasteiger partial charge on any atom is 0.114 e.